The van der Waals surface area contributed by atoms with Crippen LogP contribution in [0.2, 0.25) is 5.02 Å². The summed E-state index contributed by atoms with van der Waals surface area (Å²) in [6.07, 6.45) is 3.32. The third kappa shape index (κ3) is 3.00. The highest BCUT2D eigenvalue weighted by Crippen LogP contribution is 2.24. The molecule has 1 heterocycles. The highest BCUT2D eigenvalue weighted by Gasteiger charge is 2.10. The van der Waals surface area contributed by atoms with Gasteiger partial charge >= 0.3 is 0 Å². The van der Waals surface area contributed by atoms with Crippen molar-refractivity contribution in [3.63, 3.8) is 0 Å². The molecule has 18 heavy (non-hydrogen) atoms. The van der Waals surface area contributed by atoms with E-state index in [4.69, 9.17) is 16.7 Å². The minimum absolute atomic E-state index is 0.00819. The van der Waals surface area contributed by atoms with Gasteiger partial charge in [0.05, 0.1) is 22.2 Å². The van der Waals surface area contributed by atoms with Gasteiger partial charge in [-0.3, -0.25) is 0 Å². The van der Waals surface area contributed by atoms with Crippen LogP contribution in [0, 0.1) is 0 Å². The molecule has 0 atom stereocenters. The number of primary sulfonamides is 1. The maximum absolute atomic E-state index is 11.2. The zero-order valence-corrected chi connectivity index (χ0v) is 10.8. The maximum Gasteiger partial charge on any atom is 0.238 e. The lowest BCUT2D eigenvalue weighted by Crippen LogP contribution is -2.12. The molecule has 0 fully saturated rings. The first-order chi connectivity index (χ1) is 8.47. The van der Waals surface area contributed by atoms with Crippen LogP contribution in [0.25, 0.3) is 0 Å². The van der Waals surface area contributed by atoms with Gasteiger partial charge in [0.2, 0.25) is 10.0 Å². The number of imidazole rings is 1. The first kappa shape index (κ1) is 12.9. The molecule has 2 aromatic rings. The summed E-state index contributed by atoms with van der Waals surface area (Å²) < 4.78 is 22.4. The second-order valence-electron chi connectivity index (χ2n) is 3.58. The predicted molar refractivity (Wildman–Crippen MR) is 68.7 cm³/mol. The zero-order chi connectivity index (χ0) is 13.2. The second-order valence-corrected chi connectivity index (χ2v) is 5.54. The Morgan fingerprint density at radius 2 is 2.22 bits per heavy atom. The van der Waals surface area contributed by atoms with Crippen LogP contribution in [0.15, 0.2) is 35.5 Å². The van der Waals surface area contributed by atoms with E-state index in [1.54, 1.807) is 12.4 Å². The number of rotatable bonds is 4. The van der Waals surface area contributed by atoms with E-state index in [-0.39, 0.29) is 4.90 Å². The monoisotopic (exact) mass is 286 g/mol. The molecule has 0 aliphatic rings. The number of aromatic nitrogens is 2. The molecule has 0 aliphatic heterocycles. The van der Waals surface area contributed by atoms with E-state index in [1.165, 1.54) is 18.2 Å². The summed E-state index contributed by atoms with van der Waals surface area (Å²) in [5.41, 5.74) is 0.486. The third-order valence-electron chi connectivity index (χ3n) is 2.27. The van der Waals surface area contributed by atoms with Gasteiger partial charge in [-0.05, 0) is 18.2 Å². The Bertz CT molecular complexity index is 640. The Labute approximate surface area is 109 Å². The van der Waals surface area contributed by atoms with E-state index in [0.29, 0.717) is 23.1 Å². The molecule has 0 amide bonds. The van der Waals surface area contributed by atoms with Gasteiger partial charge in [-0.15, -0.1) is 0 Å². The van der Waals surface area contributed by atoms with Crippen LogP contribution >= 0.6 is 11.6 Å². The molecular weight excluding hydrogens is 276 g/mol. The molecular formula is C10H11ClN4O2S. The smallest absolute Gasteiger partial charge is 0.238 e. The number of hydrogen-bond donors (Lipinski definition) is 3. The van der Waals surface area contributed by atoms with Gasteiger partial charge in [-0.25, -0.2) is 18.5 Å². The summed E-state index contributed by atoms with van der Waals surface area (Å²) in [6, 6.07) is 4.22. The number of nitrogens with two attached hydrogens (primary N) is 1. The van der Waals surface area contributed by atoms with E-state index in [2.05, 4.69) is 15.3 Å². The number of halogens is 1. The van der Waals surface area contributed by atoms with Crippen LogP contribution in [-0.2, 0) is 16.6 Å². The first-order valence-electron chi connectivity index (χ1n) is 5.01. The number of H-pyrrole nitrogens is 1. The van der Waals surface area contributed by atoms with Gasteiger partial charge < -0.3 is 10.3 Å². The quantitative estimate of drug-likeness (QED) is 0.789. The van der Waals surface area contributed by atoms with Gasteiger partial charge in [0.15, 0.2) is 0 Å². The van der Waals surface area contributed by atoms with E-state index < -0.39 is 10.0 Å². The van der Waals surface area contributed by atoms with Crippen molar-refractivity contribution >= 4 is 27.3 Å². The summed E-state index contributed by atoms with van der Waals surface area (Å²) in [5, 5.41) is 8.44. The topological polar surface area (TPSA) is 101 Å². The standard InChI is InChI=1S/C10H11ClN4O2S/c11-8-2-1-7(18(12,16)17)5-9(8)15-6-10-13-3-4-14-10/h1-5,15H,6H2,(H,13,14)(H2,12,16,17). The molecule has 0 radical (unpaired) electrons. The highest BCUT2D eigenvalue weighted by atomic mass is 35.5. The highest BCUT2D eigenvalue weighted by molar-refractivity contribution is 7.89. The average molecular weight is 287 g/mol. The number of sulfonamides is 1. The number of benzene rings is 1. The lowest BCUT2D eigenvalue weighted by Gasteiger charge is -2.08. The lowest BCUT2D eigenvalue weighted by molar-refractivity contribution is 0.598. The number of hydrogen-bond acceptors (Lipinski definition) is 4. The zero-order valence-electron chi connectivity index (χ0n) is 9.22. The molecule has 4 N–H and O–H groups in total. The maximum atomic E-state index is 11.2. The van der Waals surface area contributed by atoms with E-state index in [0.717, 1.165) is 0 Å². The first-order valence-corrected chi connectivity index (χ1v) is 6.94. The summed E-state index contributed by atoms with van der Waals surface area (Å²) in [4.78, 5) is 6.95. The minimum atomic E-state index is -3.74. The van der Waals surface area contributed by atoms with Gasteiger partial charge in [0, 0.05) is 12.4 Å². The fourth-order valence-electron chi connectivity index (χ4n) is 1.39. The lowest BCUT2D eigenvalue weighted by atomic mass is 10.3. The SMILES string of the molecule is NS(=O)(=O)c1ccc(Cl)c(NCc2ncc[nH]2)c1. The Morgan fingerprint density at radius 1 is 1.44 bits per heavy atom. The predicted octanol–water partition coefficient (Wildman–Crippen LogP) is 1.32. The van der Waals surface area contributed by atoms with Gasteiger partial charge in [-0.1, -0.05) is 11.6 Å². The molecule has 6 nitrogen and oxygen atoms in total. The van der Waals surface area contributed by atoms with E-state index in [9.17, 15) is 8.42 Å². The van der Waals surface area contributed by atoms with Crippen LogP contribution in [0.3, 0.4) is 0 Å². The number of aromatic amines is 1. The van der Waals surface area contributed by atoms with Crippen LogP contribution in [0.4, 0.5) is 5.69 Å². The Morgan fingerprint density at radius 3 is 2.83 bits per heavy atom. The van der Waals surface area contributed by atoms with Crippen molar-refractivity contribution in [1.82, 2.24) is 9.97 Å². The van der Waals surface area contributed by atoms with E-state index >= 15 is 0 Å². The molecule has 0 unspecified atom stereocenters. The van der Waals surface area contributed by atoms with Crippen molar-refractivity contribution < 1.29 is 8.42 Å². The van der Waals surface area contributed by atoms with Crippen molar-refractivity contribution in [2.24, 2.45) is 5.14 Å². The molecule has 0 aliphatic carbocycles. The van der Waals surface area contributed by atoms with Crippen LogP contribution < -0.4 is 10.5 Å². The molecule has 1 aromatic carbocycles. The Kier molecular flexibility index (Phi) is 3.55. The van der Waals surface area contributed by atoms with Crippen molar-refractivity contribution in [1.29, 1.82) is 0 Å². The molecule has 0 saturated heterocycles. The molecule has 1 aromatic heterocycles. The van der Waals surface area contributed by atoms with Crippen molar-refractivity contribution in [3.05, 3.63) is 41.4 Å². The molecule has 0 saturated carbocycles. The van der Waals surface area contributed by atoms with Crippen LogP contribution in [-0.4, -0.2) is 18.4 Å². The Hall–Kier alpha value is -1.57. The van der Waals surface area contributed by atoms with Crippen LogP contribution in [0.5, 0.6) is 0 Å². The molecule has 0 bridgehead atoms. The molecule has 0 spiro atoms. The summed E-state index contributed by atoms with van der Waals surface area (Å²) in [6.45, 7) is 0.404. The largest absolute Gasteiger partial charge is 0.377 e. The molecule has 96 valence electrons. The minimum Gasteiger partial charge on any atom is -0.377 e. The molecule has 8 heteroatoms. The fraction of sp³-hybridized carbons (Fsp3) is 0.100. The van der Waals surface area contributed by atoms with Crippen LogP contribution in [0.1, 0.15) is 5.82 Å². The van der Waals surface area contributed by atoms with Gasteiger partial charge in [0.1, 0.15) is 5.82 Å². The average Bonchev–Trinajstić information content (AvgIpc) is 2.79. The number of nitrogens with one attached hydrogen (secondary N) is 2. The summed E-state index contributed by atoms with van der Waals surface area (Å²) in [5.74, 6) is 0.715. The van der Waals surface area contributed by atoms with Crippen molar-refractivity contribution in [2.75, 3.05) is 5.32 Å². The van der Waals surface area contributed by atoms with Gasteiger partial charge in [0.25, 0.3) is 0 Å². The Balaban J connectivity index is 2.22. The molecule has 2 rings (SSSR count). The summed E-state index contributed by atoms with van der Waals surface area (Å²) >= 11 is 5.96. The van der Waals surface area contributed by atoms with Crippen molar-refractivity contribution in [3.8, 4) is 0 Å². The number of anilines is 1. The fourth-order valence-corrected chi connectivity index (χ4v) is 2.11. The second kappa shape index (κ2) is 4.97. The summed E-state index contributed by atoms with van der Waals surface area (Å²) in [7, 11) is -3.74. The van der Waals surface area contributed by atoms with Crippen molar-refractivity contribution in [2.45, 2.75) is 11.4 Å². The number of nitrogens with zero attached hydrogens (tertiary/aromatic N) is 1. The normalized spacial score (nSPS) is 11.4. The van der Waals surface area contributed by atoms with E-state index in [1.807, 2.05) is 0 Å². The van der Waals surface area contributed by atoms with Gasteiger partial charge in [-0.2, -0.15) is 0 Å². The third-order valence-corrected chi connectivity index (χ3v) is 3.51.